The van der Waals surface area contributed by atoms with Crippen LogP contribution in [0.25, 0.3) is 10.8 Å². The summed E-state index contributed by atoms with van der Waals surface area (Å²) in [5, 5.41) is 1.99. The standard InChI is InChI=1S/C44H76O3S/c1-3-5-7-9-11-13-15-17-19-21-23-25-27-29-31-33-40-35-36-41-38-42(44(48(45,46)47)39-43(41)37-40)34-32-30-28-26-24-22-20-18-16-14-12-10-8-6-4-2/h35-39H,3-34H2,1-2H3,(H,45,46,47). The molecule has 0 heterocycles. The molecule has 0 fully saturated rings. The Kier molecular flexibility index (Phi) is 25.2. The van der Waals surface area contributed by atoms with Gasteiger partial charge in [-0.15, -0.1) is 0 Å². The Balaban J connectivity index is 1.60. The van der Waals surface area contributed by atoms with Crippen LogP contribution < -0.4 is 0 Å². The molecule has 0 spiro atoms. The summed E-state index contributed by atoms with van der Waals surface area (Å²) < 4.78 is 34.7. The van der Waals surface area contributed by atoms with Crippen molar-refractivity contribution in [2.24, 2.45) is 0 Å². The second kappa shape index (κ2) is 28.3. The molecule has 48 heavy (non-hydrogen) atoms. The Morgan fingerprint density at radius 1 is 0.417 bits per heavy atom. The fraction of sp³-hybridized carbons (Fsp3) is 0.773. The van der Waals surface area contributed by atoms with Gasteiger partial charge < -0.3 is 0 Å². The first-order valence-corrected chi connectivity index (χ1v) is 22.4. The molecule has 276 valence electrons. The smallest absolute Gasteiger partial charge is 0.282 e. The Bertz CT molecular complexity index is 1160. The predicted octanol–water partition coefficient (Wildman–Crippen LogP) is 14.9. The Hall–Kier alpha value is -1.39. The van der Waals surface area contributed by atoms with Crippen LogP contribution in [0, 0.1) is 0 Å². The molecule has 0 unspecified atom stereocenters. The van der Waals surface area contributed by atoms with Crippen molar-refractivity contribution in [3.8, 4) is 0 Å². The molecule has 0 aliphatic rings. The zero-order valence-corrected chi connectivity index (χ0v) is 32.5. The number of hydrogen-bond donors (Lipinski definition) is 1. The Morgan fingerprint density at radius 2 is 0.771 bits per heavy atom. The molecule has 0 saturated heterocycles. The van der Waals surface area contributed by atoms with Crippen LogP contribution in [0.5, 0.6) is 0 Å². The molecular formula is C44H76O3S. The van der Waals surface area contributed by atoms with E-state index in [4.69, 9.17) is 0 Å². The second-order valence-electron chi connectivity index (χ2n) is 15.0. The molecule has 0 atom stereocenters. The van der Waals surface area contributed by atoms with Crippen LogP contribution in [0.1, 0.15) is 218 Å². The van der Waals surface area contributed by atoms with Gasteiger partial charge in [-0.1, -0.05) is 212 Å². The molecule has 2 aromatic rings. The Labute approximate surface area is 298 Å². The molecule has 0 aliphatic heterocycles. The molecule has 0 aromatic heterocycles. The highest BCUT2D eigenvalue weighted by molar-refractivity contribution is 7.85. The van der Waals surface area contributed by atoms with Crippen molar-refractivity contribution in [1.29, 1.82) is 0 Å². The monoisotopic (exact) mass is 685 g/mol. The summed E-state index contributed by atoms with van der Waals surface area (Å²) in [5.74, 6) is 0. The molecule has 2 aromatic carbocycles. The largest absolute Gasteiger partial charge is 0.294 e. The van der Waals surface area contributed by atoms with E-state index in [9.17, 15) is 13.0 Å². The first-order valence-electron chi connectivity index (χ1n) is 21.0. The minimum absolute atomic E-state index is 0.101. The highest BCUT2D eigenvalue weighted by Crippen LogP contribution is 2.27. The molecule has 2 rings (SSSR count). The van der Waals surface area contributed by atoms with Gasteiger partial charge in [0.05, 0.1) is 4.90 Å². The van der Waals surface area contributed by atoms with E-state index in [2.05, 4.69) is 32.0 Å². The lowest BCUT2D eigenvalue weighted by Crippen LogP contribution is -2.04. The van der Waals surface area contributed by atoms with E-state index in [0.717, 1.165) is 35.6 Å². The van der Waals surface area contributed by atoms with E-state index < -0.39 is 10.1 Å². The van der Waals surface area contributed by atoms with E-state index in [-0.39, 0.29) is 4.90 Å². The first-order chi connectivity index (χ1) is 23.5. The van der Waals surface area contributed by atoms with E-state index in [0.29, 0.717) is 6.42 Å². The van der Waals surface area contributed by atoms with Crippen LogP contribution in [0.4, 0.5) is 0 Å². The van der Waals surface area contributed by atoms with Gasteiger partial charge >= 0.3 is 0 Å². The van der Waals surface area contributed by atoms with Gasteiger partial charge in [0, 0.05) is 0 Å². The SMILES string of the molecule is CCCCCCCCCCCCCCCCCc1ccc2cc(CCCCCCCCCCCCCCCCC)c(S(=O)(=O)O)cc2c1. The molecule has 0 radical (unpaired) electrons. The fourth-order valence-electron chi connectivity index (χ4n) is 7.35. The predicted molar refractivity (Wildman–Crippen MR) is 211 cm³/mol. The molecule has 0 saturated carbocycles. The van der Waals surface area contributed by atoms with Crippen molar-refractivity contribution in [3.05, 3.63) is 41.5 Å². The van der Waals surface area contributed by atoms with Gasteiger partial charge in [-0.05, 0) is 59.7 Å². The first kappa shape index (κ1) is 42.8. The number of hydrogen-bond acceptors (Lipinski definition) is 2. The number of fused-ring (bicyclic) bond motifs is 1. The number of aryl methyl sites for hydroxylation is 2. The third-order valence-electron chi connectivity index (χ3n) is 10.5. The van der Waals surface area contributed by atoms with Gasteiger partial charge in [-0.25, -0.2) is 0 Å². The fourth-order valence-corrected chi connectivity index (χ4v) is 8.12. The maximum Gasteiger partial charge on any atom is 0.294 e. The third-order valence-corrected chi connectivity index (χ3v) is 11.4. The third kappa shape index (κ3) is 21.0. The van der Waals surface area contributed by atoms with Crippen molar-refractivity contribution in [2.75, 3.05) is 0 Å². The van der Waals surface area contributed by atoms with Crippen LogP contribution >= 0.6 is 0 Å². The van der Waals surface area contributed by atoms with Gasteiger partial charge in [0.2, 0.25) is 0 Å². The lowest BCUT2D eigenvalue weighted by atomic mass is 9.98. The molecule has 0 bridgehead atoms. The molecule has 0 amide bonds. The van der Waals surface area contributed by atoms with Gasteiger partial charge in [-0.2, -0.15) is 8.42 Å². The average Bonchev–Trinajstić information content (AvgIpc) is 3.07. The summed E-state index contributed by atoms with van der Waals surface area (Å²) in [7, 11) is -4.25. The van der Waals surface area contributed by atoms with Gasteiger partial charge in [0.25, 0.3) is 10.1 Å². The van der Waals surface area contributed by atoms with E-state index in [1.165, 1.54) is 185 Å². The molecule has 0 aliphatic carbocycles. The molecule has 1 N–H and O–H groups in total. The summed E-state index contributed by atoms with van der Waals surface area (Å²) in [4.78, 5) is 0.101. The van der Waals surface area contributed by atoms with Crippen LogP contribution in [-0.2, 0) is 23.0 Å². The number of benzene rings is 2. The molecule has 4 heteroatoms. The van der Waals surface area contributed by atoms with Crippen LogP contribution in [0.3, 0.4) is 0 Å². The summed E-state index contributed by atoms with van der Waals surface area (Å²) in [5.41, 5.74) is 2.02. The summed E-state index contributed by atoms with van der Waals surface area (Å²) in [6.07, 6.45) is 42.0. The van der Waals surface area contributed by atoms with E-state index >= 15 is 0 Å². The molecule has 3 nitrogen and oxygen atoms in total. The minimum Gasteiger partial charge on any atom is -0.282 e. The van der Waals surface area contributed by atoms with Crippen LogP contribution in [0.2, 0.25) is 0 Å². The van der Waals surface area contributed by atoms with E-state index in [1.807, 2.05) is 6.07 Å². The highest BCUT2D eigenvalue weighted by atomic mass is 32.2. The number of rotatable bonds is 33. The zero-order valence-electron chi connectivity index (χ0n) is 31.7. The van der Waals surface area contributed by atoms with Crippen molar-refractivity contribution in [2.45, 2.75) is 224 Å². The van der Waals surface area contributed by atoms with Crippen molar-refractivity contribution in [1.82, 2.24) is 0 Å². The molecular weight excluding hydrogens is 609 g/mol. The lowest BCUT2D eigenvalue weighted by molar-refractivity contribution is 0.481. The van der Waals surface area contributed by atoms with Gasteiger partial charge in [-0.3, -0.25) is 4.55 Å². The lowest BCUT2D eigenvalue weighted by Gasteiger charge is -2.11. The van der Waals surface area contributed by atoms with Crippen molar-refractivity contribution < 1.29 is 13.0 Å². The van der Waals surface area contributed by atoms with Crippen molar-refractivity contribution in [3.63, 3.8) is 0 Å². The van der Waals surface area contributed by atoms with Crippen molar-refractivity contribution >= 4 is 20.9 Å². The van der Waals surface area contributed by atoms with E-state index in [1.54, 1.807) is 6.07 Å². The maximum absolute atomic E-state index is 12.3. The average molecular weight is 685 g/mol. The van der Waals surface area contributed by atoms with Gasteiger partial charge in [0.15, 0.2) is 0 Å². The zero-order chi connectivity index (χ0) is 34.5. The highest BCUT2D eigenvalue weighted by Gasteiger charge is 2.17. The quantitative estimate of drug-likeness (QED) is 0.0601. The summed E-state index contributed by atoms with van der Waals surface area (Å²) >= 11 is 0. The Morgan fingerprint density at radius 3 is 1.15 bits per heavy atom. The van der Waals surface area contributed by atoms with Crippen LogP contribution in [0.15, 0.2) is 35.2 Å². The maximum atomic E-state index is 12.3. The number of unbranched alkanes of at least 4 members (excludes halogenated alkanes) is 28. The summed E-state index contributed by atoms with van der Waals surface area (Å²) in [6.45, 7) is 4.56. The van der Waals surface area contributed by atoms with Crippen LogP contribution in [-0.4, -0.2) is 13.0 Å². The van der Waals surface area contributed by atoms with Gasteiger partial charge in [0.1, 0.15) is 0 Å². The summed E-state index contributed by atoms with van der Waals surface area (Å²) in [6, 6.07) is 10.2. The topological polar surface area (TPSA) is 54.4 Å². The minimum atomic E-state index is -4.25. The normalized spacial score (nSPS) is 12.0. The second-order valence-corrected chi connectivity index (χ2v) is 16.4.